The predicted molar refractivity (Wildman–Crippen MR) is 159 cm³/mol. The van der Waals surface area contributed by atoms with Gasteiger partial charge in [0.05, 0.1) is 23.1 Å². The van der Waals surface area contributed by atoms with E-state index >= 15 is 0 Å². The highest BCUT2D eigenvalue weighted by molar-refractivity contribution is 6.11. The van der Waals surface area contributed by atoms with Crippen LogP contribution in [0.1, 0.15) is 72.2 Å². The molecule has 2 saturated heterocycles. The zero-order valence-electron chi connectivity index (χ0n) is 25.7. The summed E-state index contributed by atoms with van der Waals surface area (Å²) >= 11 is 0. The molecule has 0 amide bonds. The molecule has 2 aromatic rings. The molecule has 13 nitrogen and oxygen atoms in total. The Morgan fingerprint density at radius 1 is 1.16 bits per heavy atom. The molecule has 2 fully saturated rings. The van der Waals surface area contributed by atoms with Crippen molar-refractivity contribution < 1.29 is 64.7 Å². The molecule has 2 aliphatic rings. The van der Waals surface area contributed by atoms with E-state index in [1.165, 1.54) is 13.8 Å². The minimum atomic E-state index is -2.08. The number of phenolic OH excluding ortho intramolecular Hbond substituents is 2. The number of Topliss-reactive ketones (excluding diaryl/α,β-unsaturated/α-hetero) is 1. The summed E-state index contributed by atoms with van der Waals surface area (Å²) in [4.78, 5) is 24.2. The van der Waals surface area contributed by atoms with Gasteiger partial charge in [-0.1, -0.05) is 6.92 Å². The van der Waals surface area contributed by atoms with Crippen LogP contribution >= 0.6 is 0 Å². The third-order valence-corrected chi connectivity index (χ3v) is 9.54. The van der Waals surface area contributed by atoms with E-state index < -0.39 is 60.1 Å². The van der Waals surface area contributed by atoms with Gasteiger partial charge in [-0.2, -0.15) is 0 Å². The molecule has 0 saturated carbocycles. The summed E-state index contributed by atoms with van der Waals surface area (Å²) in [7, 11) is 0. The van der Waals surface area contributed by atoms with Crippen molar-refractivity contribution in [1.29, 1.82) is 0 Å². The molecule has 0 spiro atoms. The van der Waals surface area contributed by atoms with Gasteiger partial charge in [0, 0.05) is 30.8 Å². The van der Waals surface area contributed by atoms with Crippen LogP contribution in [0.15, 0.2) is 12.1 Å². The summed E-state index contributed by atoms with van der Waals surface area (Å²) in [5.41, 5.74) is -2.65. The summed E-state index contributed by atoms with van der Waals surface area (Å²) in [6.45, 7) is 5.06. The Kier molecular flexibility index (Phi) is 11.0. The summed E-state index contributed by atoms with van der Waals surface area (Å²) in [5, 5.41) is 84.6. The first kappa shape index (κ1) is 34.8. The van der Waals surface area contributed by atoms with Gasteiger partial charge in [-0.3, -0.25) is 4.79 Å². The molecule has 8 unspecified atom stereocenters. The standard InChI is InChI=1S/C32H44O13/c1-15(20-7-10-43-14-18(20)5-4-9-33)6-8-32(42)23(13-34)45-31(28(38)29(32)39)44-22-12-19(30(40)41)11-21-25(22)27(37)24(17(3)35)16(2)26(21)36/h11-12,15,18,20,23,28-29,31,33-34,36-39,42H,4-10,13-14H2,1-3H3,(H,40,41). The van der Waals surface area contributed by atoms with Crippen molar-refractivity contribution in [2.24, 2.45) is 17.8 Å². The largest absolute Gasteiger partial charge is 0.507 e. The molecular weight excluding hydrogens is 592 g/mol. The Hall–Kier alpha value is -3.04. The number of aliphatic hydroxyl groups excluding tert-OH is 4. The lowest BCUT2D eigenvalue weighted by molar-refractivity contribution is -0.315. The molecule has 0 radical (unpaired) electrons. The fraction of sp³-hybridized carbons (Fsp3) is 0.625. The molecule has 8 atom stereocenters. The number of carbonyl (C=O) groups excluding carboxylic acids is 1. The number of carboxylic acid groups (broad SMARTS) is 1. The van der Waals surface area contributed by atoms with Gasteiger partial charge in [-0.15, -0.1) is 0 Å². The zero-order chi connectivity index (χ0) is 33.2. The van der Waals surface area contributed by atoms with E-state index in [-0.39, 0.29) is 64.0 Å². The number of fused-ring (bicyclic) bond motifs is 1. The molecule has 2 aliphatic heterocycles. The van der Waals surface area contributed by atoms with E-state index in [0.717, 1.165) is 25.0 Å². The zero-order valence-corrected chi connectivity index (χ0v) is 25.7. The van der Waals surface area contributed by atoms with E-state index in [4.69, 9.17) is 14.2 Å². The molecule has 8 N–H and O–H groups in total. The van der Waals surface area contributed by atoms with Gasteiger partial charge in [-0.25, -0.2) is 4.79 Å². The maximum atomic E-state index is 12.3. The van der Waals surface area contributed by atoms with Crippen LogP contribution in [-0.4, -0.2) is 109 Å². The second-order valence-electron chi connectivity index (χ2n) is 12.3. The lowest BCUT2D eigenvalue weighted by Crippen LogP contribution is -2.67. The van der Waals surface area contributed by atoms with Crippen molar-refractivity contribution in [2.45, 2.75) is 83.1 Å². The van der Waals surface area contributed by atoms with Crippen LogP contribution in [0, 0.1) is 24.7 Å². The highest BCUT2D eigenvalue weighted by Gasteiger charge is 2.55. The lowest BCUT2D eigenvalue weighted by Gasteiger charge is -2.48. The van der Waals surface area contributed by atoms with E-state index in [1.807, 2.05) is 6.92 Å². The summed E-state index contributed by atoms with van der Waals surface area (Å²) in [6.07, 6.45) is -4.35. The van der Waals surface area contributed by atoms with Crippen molar-refractivity contribution in [2.75, 3.05) is 26.4 Å². The molecule has 0 bridgehead atoms. The number of rotatable bonds is 12. The maximum Gasteiger partial charge on any atom is 0.335 e. The molecule has 13 heteroatoms. The van der Waals surface area contributed by atoms with Crippen molar-refractivity contribution in [3.05, 3.63) is 28.8 Å². The third kappa shape index (κ3) is 6.75. The number of ketones is 1. The topological polar surface area (TPSA) is 224 Å². The Bertz CT molecular complexity index is 1390. The average Bonchev–Trinajstić information content (AvgIpc) is 3.01. The number of carbonyl (C=O) groups is 2. The second kappa shape index (κ2) is 14.2. The van der Waals surface area contributed by atoms with Crippen LogP contribution in [0.3, 0.4) is 0 Å². The van der Waals surface area contributed by atoms with Crippen LogP contribution < -0.4 is 4.74 Å². The number of phenols is 2. The minimum Gasteiger partial charge on any atom is -0.507 e. The van der Waals surface area contributed by atoms with Crippen LogP contribution in [0.2, 0.25) is 0 Å². The van der Waals surface area contributed by atoms with Crippen molar-refractivity contribution >= 4 is 22.5 Å². The minimum absolute atomic E-state index is 0.0190. The van der Waals surface area contributed by atoms with Gasteiger partial charge < -0.3 is 55.1 Å². The smallest absolute Gasteiger partial charge is 0.335 e. The van der Waals surface area contributed by atoms with Gasteiger partial charge in [-0.05, 0) is 75.8 Å². The Morgan fingerprint density at radius 3 is 2.49 bits per heavy atom. The van der Waals surface area contributed by atoms with Crippen molar-refractivity contribution in [3.63, 3.8) is 0 Å². The predicted octanol–water partition coefficient (Wildman–Crippen LogP) is 1.85. The number of aliphatic hydroxyl groups is 5. The van der Waals surface area contributed by atoms with Crippen LogP contribution in [0.5, 0.6) is 17.2 Å². The number of ether oxygens (including phenoxy) is 3. The molecule has 4 rings (SSSR count). The summed E-state index contributed by atoms with van der Waals surface area (Å²) in [5.74, 6) is -2.91. The van der Waals surface area contributed by atoms with Gasteiger partial charge >= 0.3 is 5.97 Å². The molecule has 0 aromatic heterocycles. The summed E-state index contributed by atoms with van der Waals surface area (Å²) < 4.78 is 17.2. The first-order valence-electron chi connectivity index (χ1n) is 15.2. The Morgan fingerprint density at radius 2 is 1.87 bits per heavy atom. The van der Waals surface area contributed by atoms with Gasteiger partial charge in [0.25, 0.3) is 0 Å². The third-order valence-electron chi connectivity index (χ3n) is 9.54. The highest BCUT2D eigenvalue weighted by atomic mass is 16.7. The van der Waals surface area contributed by atoms with Crippen molar-refractivity contribution in [3.8, 4) is 17.2 Å². The highest BCUT2D eigenvalue weighted by Crippen LogP contribution is 2.46. The van der Waals surface area contributed by atoms with Gasteiger partial charge in [0.15, 0.2) is 5.78 Å². The molecule has 0 aliphatic carbocycles. The molecule has 2 aromatic carbocycles. The van der Waals surface area contributed by atoms with Crippen LogP contribution in [0.4, 0.5) is 0 Å². The number of carboxylic acids is 1. The number of aromatic hydroxyl groups is 2. The second-order valence-corrected chi connectivity index (χ2v) is 12.3. The number of hydrogen-bond donors (Lipinski definition) is 8. The lowest BCUT2D eigenvalue weighted by atomic mass is 9.72. The van der Waals surface area contributed by atoms with Gasteiger partial charge in [0.2, 0.25) is 6.29 Å². The summed E-state index contributed by atoms with van der Waals surface area (Å²) in [6, 6.07) is 2.09. The molecule has 250 valence electrons. The van der Waals surface area contributed by atoms with E-state index in [2.05, 4.69) is 0 Å². The maximum absolute atomic E-state index is 12.3. The quantitative estimate of drug-likeness (QED) is 0.123. The van der Waals surface area contributed by atoms with E-state index in [9.17, 15) is 50.4 Å². The van der Waals surface area contributed by atoms with E-state index in [1.54, 1.807) is 0 Å². The van der Waals surface area contributed by atoms with Crippen LogP contribution in [-0.2, 0) is 9.47 Å². The Balaban J connectivity index is 1.62. The Labute approximate surface area is 260 Å². The number of hydrogen-bond acceptors (Lipinski definition) is 12. The monoisotopic (exact) mass is 636 g/mol. The SMILES string of the molecule is CC(=O)c1c(C)c(O)c2cc(C(=O)O)cc(OC3OC(CO)C(O)(CCC(C)C4CCOCC4CCCO)C(O)C3O)c2c1O. The van der Waals surface area contributed by atoms with Gasteiger partial charge in [0.1, 0.15) is 41.2 Å². The number of benzene rings is 2. The van der Waals surface area contributed by atoms with Crippen LogP contribution in [0.25, 0.3) is 10.8 Å². The first-order chi connectivity index (χ1) is 21.3. The molecular formula is C32H44O13. The average molecular weight is 637 g/mol. The normalized spacial score (nSPS) is 29.4. The fourth-order valence-electron chi connectivity index (χ4n) is 6.93. The molecule has 45 heavy (non-hydrogen) atoms. The number of aromatic carboxylic acids is 1. The molecule has 2 heterocycles. The first-order valence-corrected chi connectivity index (χ1v) is 15.2. The van der Waals surface area contributed by atoms with Crippen molar-refractivity contribution in [1.82, 2.24) is 0 Å². The van der Waals surface area contributed by atoms with E-state index in [0.29, 0.717) is 26.1 Å². The fourth-order valence-corrected chi connectivity index (χ4v) is 6.93.